The van der Waals surface area contributed by atoms with Gasteiger partial charge in [-0.1, -0.05) is 38.1 Å². The van der Waals surface area contributed by atoms with E-state index in [-0.39, 0.29) is 0 Å². The first-order valence-corrected chi connectivity index (χ1v) is 6.73. The van der Waals surface area contributed by atoms with Crippen LogP contribution in [-0.2, 0) is 11.2 Å². The maximum atomic E-state index is 11.2. The molecule has 0 amide bonds. The summed E-state index contributed by atoms with van der Waals surface area (Å²) in [6.07, 6.45) is 2.83. The maximum Gasteiger partial charge on any atom is 0.309 e. The van der Waals surface area contributed by atoms with Gasteiger partial charge in [0.2, 0.25) is 0 Å². The predicted octanol–water partition coefficient (Wildman–Crippen LogP) is 4.24. The number of hydrogen-bond acceptors (Lipinski definition) is 1. The van der Waals surface area contributed by atoms with Crippen LogP contribution in [0.4, 0.5) is 0 Å². The van der Waals surface area contributed by atoms with E-state index >= 15 is 0 Å². The number of carboxylic acids is 1. The second-order valence-corrected chi connectivity index (χ2v) is 5.62. The summed E-state index contributed by atoms with van der Waals surface area (Å²) in [6, 6.07) is 8.38. The van der Waals surface area contributed by atoms with Gasteiger partial charge in [-0.2, -0.15) is 0 Å². The van der Waals surface area contributed by atoms with Crippen LogP contribution in [0.5, 0.6) is 0 Å². The molecule has 1 N–H and O–H groups in total. The van der Waals surface area contributed by atoms with Crippen molar-refractivity contribution >= 4 is 5.97 Å². The van der Waals surface area contributed by atoms with Gasteiger partial charge in [0.15, 0.2) is 0 Å². The van der Waals surface area contributed by atoms with Crippen LogP contribution in [0.1, 0.15) is 57.6 Å². The SMILES string of the molecule is CCC(CC)c1cccc(CC(C)(C)C(=O)O)c1. The third-order valence-electron chi connectivity index (χ3n) is 3.63. The predicted molar refractivity (Wildman–Crippen MR) is 74.9 cm³/mol. The molecule has 0 spiro atoms. The fraction of sp³-hybridized carbons (Fsp3) is 0.562. The minimum absolute atomic E-state index is 0.580. The first kappa shape index (κ1) is 14.7. The molecule has 0 aromatic heterocycles. The van der Waals surface area contributed by atoms with Crippen LogP contribution in [0.25, 0.3) is 0 Å². The molecule has 0 radical (unpaired) electrons. The third kappa shape index (κ3) is 3.59. The van der Waals surface area contributed by atoms with Crippen molar-refractivity contribution in [2.75, 3.05) is 0 Å². The van der Waals surface area contributed by atoms with E-state index in [1.54, 1.807) is 13.8 Å². The number of carbonyl (C=O) groups is 1. The molecule has 0 atom stereocenters. The quantitative estimate of drug-likeness (QED) is 0.817. The van der Waals surface area contributed by atoms with E-state index in [1.807, 2.05) is 12.1 Å². The summed E-state index contributed by atoms with van der Waals surface area (Å²) in [5.74, 6) is -0.159. The van der Waals surface area contributed by atoms with Crippen molar-refractivity contribution in [2.45, 2.75) is 52.9 Å². The molecule has 1 rings (SSSR count). The average molecular weight is 248 g/mol. The molecule has 0 fully saturated rings. The summed E-state index contributed by atoms with van der Waals surface area (Å²) in [4.78, 5) is 11.2. The van der Waals surface area contributed by atoms with Gasteiger partial charge in [-0.25, -0.2) is 0 Å². The van der Waals surface area contributed by atoms with Crippen LogP contribution in [0.2, 0.25) is 0 Å². The Kier molecular flexibility index (Phi) is 4.94. The van der Waals surface area contributed by atoms with Gasteiger partial charge in [-0.3, -0.25) is 4.79 Å². The summed E-state index contributed by atoms with van der Waals surface area (Å²) in [6.45, 7) is 7.95. The lowest BCUT2D eigenvalue weighted by Crippen LogP contribution is -2.26. The van der Waals surface area contributed by atoms with E-state index in [4.69, 9.17) is 0 Å². The van der Waals surface area contributed by atoms with E-state index < -0.39 is 11.4 Å². The van der Waals surface area contributed by atoms with Crippen LogP contribution in [0.15, 0.2) is 24.3 Å². The van der Waals surface area contributed by atoms with Crippen molar-refractivity contribution in [1.82, 2.24) is 0 Å². The van der Waals surface area contributed by atoms with Crippen LogP contribution in [0, 0.1) is 5.41 Å². The Morgan fingerprint density at radius 1 is 1.28 bits per heavy atom. The molecule has 0 aliphatic carbocycles. The van der Waals surface area contributed by atoms with Gasteiger partial charge in [0.25, 0.3) is 0 Å². The Bertz CT molecular complexity index is 403. The molecule has 0 bridgehead atoms. The molecule has 0 heterocycles. The molecule has 0 aliphatic rings. The Hall–Kier alpha value is -1.31. The van der Waals surface area contributed by atoms with Gasteiger partial charge in [0, 0.05) is 0 Å². The van der Waals surface area contributed by atoms with Gasteiger partial charge in [-0.05, 0) is 50.2 Å². The summed E-state index contributed by atoms with van der Waals surface area (Å²) < 4.78 is 0. The molecular formula is C16H24O2. The van der Waals surface area contributed by atoms with E-state index in [0.717, 1.165) is 18.4 Å². The molecular weight excluding hydrogens is 224 g/mol. The molecule has 0 unspecified atom stereocenters. The van der Waals surface area contributed by atoms with Crippen molar-refractivity contribution < 1.29 is 9.90 Å². The first-order valence-electron chi connectivity index (χ1n) is 6.73. The van der Waals surface area contributed by atoms with Gasteiger partial charge >= 0.3 is 5.97 Å². The zero-order valence-corrected chi connectivity index (χ0v) is 11.9. The maximum absolute atomic E-state index is 11.2. The minimum Gasteiger partial charge on any atom is -0.481 e. The van der Waals surface area contributed by atoms with Crippen LogP contribution < -0.4 is 0 Å². The standard InChI is InChI=1S/C16H24O2/c1-5-13(6-2)14-9-7-8-12(10-14)11-16(3,4)15(17)18/h7-10,13H,5-6,11H2,1-4H3,(H,17,18). The molecule has 2 heteroatoms. The van der Waals surface area contributed by atoms with Gasteiger partial charge < -0.3 is 5.11 Å². The number of benzene rings is 1. The number of carboxylic acid groups (broad SMARTS) is 1. The second kappa shape index (κ2) is 6.03. The van der Waals surface area contributed by atoms with Crippen LogP contribution in [0.3, 0.4) is 0 Å². The minimum atomic E-state index is -0.740. The zero-order valence-electron chi connectivity index (χ0n) is 11.9. The van der Waals surface area contributed by atoms with E-state index in [2.05, 4.69) is 26.0 Å². The molecule has 2 nitrogen and oxygen atoms in total. The molecule has 100 valence electrons. The Labute approximate surface area is 110 Å². The highest BCUT2D eigenvalue weighted by Gasteiger charge is 2.27. The topological polar surface area (TPSA) is 37.3 Å². The summed E-state index contributed by atoms with van der Waals surface area (Å²) >= 11 is 0. The molecule has 0 saturated heterocycles. The lowest BCUT2D eigenvalue weighted by atomic mass is 9.84. The number of rotatable bonds is 6. The van der Waals surface area contributed by atoms with E-state index in [9.17, 15) is 9.90 Å². The van der Waals surface area contributed by atoms with E-state index in [0.29, 0.717) is 12.3 Å². The first-order chi connectivity index (χ1) is 8.40. The second-order valence-electron chi connectivity index (χ2n) is 5.62. The monoisotopic (exact) mass is 248 g/mol. The molecule has 18 heavy (non-hydrogen) atoms. The average Bonchev–Trinajstić information content (AvgIpc) is 2.30. The highest BCUT2D eigenvalue weighted by Crippen LogP contribution is 2.27. The fourth-order valence-corrected chi connectivity index (χ4v) is 2.30. The molecule has 0 saturated carbocycles. The van der Waals surface area contributed by atoms with Gasteiger partial charge in [0.05, 0.1) is 5.41 Å². The zero-order chi connectivity index (χ0) is 13.8. The largest absolute Gasteiger partial charge is 0.481 e. The highest BCUT2D eigenvalue weighted by molar-refractivity contribution is 5.74. The van der Waals surface area contributed by atoms with Gasteiger partial charge in [-0.15, -0.1) is 0 Å². The van der Waals surface area contributed by atoms with Crippen molar-refractivity contribution in [3.8, 4) is 0 Å². The lowest BCUT2D eigenvalue weighted by Gasteiger charge is -2.20. The summed E-state index contributed by atoms with van der Waals surface area (Å²) in [5.41, 5.74) is 1.75. The lowest BCUT2D eigenvalue weighted by molar-refractivity contribution is -0.146. The summed E-state index contributed by atoms with van der Waals surface area (Å²) in [5, 5.41) is 9.17. The van der Waals surface area contributed by atoms with Gasteiger partial charge in [0.1, 0.15) is 0 Å². The Balaban J connectivity index is 2.92. The Morgan fingerprint density at radius 2 is 1.89 bits per heavy atom. The normalized spacial score (nSPS) is 11.8. The molecule has 0 aliphatic heterocycles. The molecule has 1 aromatic carbocycles. The third-order valence-corrected chi connectivity index (χ3v) is 3.63. The molecule has 1 aromatic rings. The fourth-order valence-electron chi connectivity index (χ4n) is 2.30. The van der Waals surface area contributed by atoms with Crippen LogP contribution >= 0.6 is 0 Å². The van der Waals surface area contributed by atoms with Crippen molar-refractivity contribution in [3.05, 3.63) is 35.4 Å². The highest BCUT2D eigenvalue weighted by atomic mass is 16.4. The van der Waals surface area contributed by atoms with Crippen LogP contribution in [-0.4, -0.2) is 11.1 Å². The Morgan fingerprint density at radius 3 is 2.39 bits per heavy atom. The smallest absolute Gasteiger partial charge is 0.309 e. The van der Waals surface area contributed by atoms with Crippen molar-refractivity contribution in [3.63, 3.8) is 0 Å². The van der Waals surface area contributed by atoms with Crippen molar-refractivity contribution in [2.24, 2.45) is 5.41 Å². The summed E-state index contributed by atoms with van der Waals surface area (Å²) in [7, 11) is 0. The number of hydrogen-bond donors (Lipinski definition) is 1. The number of aliphatic carboxylic acids is 1. The van der Waals surface area contributed by atoms with E-state index in [1.165, 1.54) is 5.56 Å². The van der Waals surface area contributed by atoms with Crippen molar-refractivity contribution in [1.29, 1.82) is 0 Å².